The Hall–Kier alpha value is -12.7. The highest BCUT2D eigenvalue weighted by atomic mass is 16.5. The average molecular weight is 1450 g/mol. The Morgan fingerprint density at radius 1 is 0.358 bits per heavy atom. The highest BCUT2D eigenvalue weighted by Crippen LogP contribution is 2.45. The fraction of sp³-hybridized carbons (Fsp3) is 0.227. The molecule has 11 heterocycles. The van der Waals surface area contributed by atoms with Crippen LogP contribution >= 0.6 is 0 Å². The molecule has 1 unspecified atom stereocenters. The van der Waals surface area contributed by atoms with Crippen molar-refractivity contribution in [3.63, 3.8) is 0 Å². The van der Waals surface area contributed by atoms with E-state index in [0.717, 1.165) is 218 Å². The van der Waals surface area contributed by atoms with Crippen LogP contribution in [0.3, 0.4) is 0 Å². The summed E-state index contributed by atoms with van der Waals surface area (Å²) in [6.45, 7) is 34.2. The predicted octanol–water partition coefficient (Wildman–Crippen LogP) is 20.6. The molecule has 18 aromatic rings. The van der Waals surface area contributed by atoms with E-state index in [2.05, 4.69) is 188 Å². The zero-order valence-electron chi connectivity index (χ0n) is 64.2. The Morgan fingerprint density at radius 2 is 0.706 bits per heavy atom. The summed E-state index contributed by atoms with van der Waals surface area (Å²) in [5.74, 6) is 6.37. The molecule has 0 radical (unpaired) electrons. The molecule has 7 aromatic carbocycles. The monoisotopic (exact) mass is 1450 g/mol. The van der Waals surface area contributed by atoms with Gasteiger partial charge in [0.15, 0.2) is 0 Å². The van der Waals surface area contributed by atoms with E-state index >= 15 is 0 Å². The molecule has 7 N–H and O–H groups in total. The highest BCUT2D eigenvalue weighted by Gasteiger charge is 2.26. The summed E-state index contributed by atoms with van der Waals surface area (Å²) >= 11 is 0. The van der Waals surface area contributed by atoms with E-state index in [1.54, 1.807) is 6.20 Å². The third-order valence-corrected chi connectivity index (χ3v) is 20.5. The second-order valence-corrected chi connectivity index (χ2v) is 28.5. The van der Waals surface area contributed by atoms with Crippen molar-refractivity contribution in [2.24, 2.45) is 0 Å². The molecule has 21 nitrogen and oxygen atoms in total. The number of imidazole rings is 4. The number of hydrogen-bond donors (Lipinski definition) is 7. The Morgan fingerprint density at radius 3 is 1.06 bits per heavy atom. The molecule has 18 rings (SSSR count). The lowest BCUT2D eigenvalue weighted by molar-refractivity contribution is 0.127. The largest absolute Gasteiger partial charge is 0.396 e. The third-order valence-electron chi connectivity index (χ3n) is 20.5. The van der Waals surface area contributed by atoms with Crippen molar-refractivity contribution in [2.75, 3.05) is 6.61 Å². The van der Waals surface area contributed by atoms with Gasteiger partial charge in [0.2, 0.25) is 0 Å². The first kappa shape index (κ1) is 71.9. The predicted molar refractivity (Wildman–Crippen MR) is 430 cm³/mol. The van der Waals surface area contributed by atoms with Crippen LogP contribution in [0.1, 0.15) is 115 Å². The average Bonchev–Trinajstić information content (AvgIpc) is 1.71. The Labute approximate surface area is 628 Å². The molecule has 0 aliphatic carbocycles. The molecule has 1 atom stereocenters. The molecule has 21 heteroatoms. The lowest BCUT2D eigenvalue weighted by Gasteiger charge is -2.13. The summed E-state index contributed by atoms with van der Waals surface area (Å²) in [5, 5.41) is 38.4. The Bertz CT molecular complexity index is 6420. The molecule has 11 aromatic heterocycles. The van der Waals surface area contributed by atoms with Crippen LogP contribution in [0.25, 0.3) is 155 Å². The maximum atomic E-state index is 10.5. The van der Waals surface area contributed by atoms with E-state index < -0.39 is 6.10 Å². The van der Waals surface area contributed by atoms with Gasteiger partial charge in [0.05, 0.1) is 77.9 Å². The van der Waals surface area contributed by atoms with Gasteiger partial charge in [0.1, 0.15) is 52.4 Å². The summed E-state index contributed by atoms with van der Waals surface area (Å²) < 4.78 is 21.6. The summed E-state index contributed by atoms with van der Waals surface area (Å²) in [6, 6.07) is 39.9. The molecule has 0 fully saturated rings. The molecule has 548 valence electrons. The zero-order valence-corrected chi connectivity index (χ0v) is 64.2. The number of aliphatic hydroxyl groups excluding tert-OH is 2. The van der Waals surface area contributed by atoms with Crippen molar-refractivity contribution < 1.29 is 28.3 Å². The van der Waals surface area contributed by atoms with Gasteiger partial charge in [-0.05, 0) is 257 Å². The maximum Gasteiger partial charge on any atom is 0.141 e. The number of rotatable bonds is 11. The van der Waals surface area contributed by atoms with E-state index in [0.29, 0.717) is 5.82 Å². The fourth-order valence-electron chi connectivity index (χ4n) is 15.7. The zero-order chi connectivity index (χ0) is 76.5. The number of aromatic amines is 5. The molecule has 0 aliphatic rings. The van der Waals surface area contributed by atoms with Gasteiger partial charge in [-0.15, -0.1) is 0 Å². The van der Waals surface area contributed by atoms with Crippen LogP contribution in [0.15, 0.2) is 152 Å². The molecule has 0 spiro atoms. The fourth-order valence-corrected chi connectivity index (χ4v) is 15.7. The number of H-pyrrole nitrogens is 5. The smallest absolute Gasteiger partial charge is 0.141 e. The number of fused-ring (bicyclic) bond motifs is 6. The summed E-state index contributed by atoms with van der Waals surface area (Å²) in [5.41, 5.74) is 37.4. The first-order valence-corrected chi connectivity index (χ1v) is 36.4. The van der Waals surface area contributed by atoms with Crippen molar-refractivity contribution >= 4 is 65.9 Å². The minimum absolute atomic E-state index is 0.122. The first-order chi connectivity index (χ1) is 52.4. The second kappa shape index (κ2) is 28.9. The SMILES string of the molecule is Cc1ccc2ncccc2c1-c1cc(-c2c(C)noc2C)cc2[nH]c(C(O)CCO)nc12.Cc1nc2c(-c3c(C)c[nH]c3C)cc(-c3c(C)noc3C)cc2[nH]1.Cc1nc2c(-c3c(C)ccc4ncccc34)cc(-c3c(C)noc3C)cc2[nH]1.Cc1nc2c(-c3c(C)cccc3C)cc(-c3c(C)noc3C)cc2[nH]1. The molecule has 0 bridgehead atoms. The Kier molecular flexibility index (Phi) is 19.0. The summed E-state index contributed by atoms with van der Waals surface area (Å²) in [7, 11) is 0. The maximum absolute atomic E-state index is 10.5. The summed E-state index contributed by atoms with van der Waals surface area (Å²) in [4.78, 5) is 44.8. The lowest BCUT2D eigenvalue weighted by Crippen LogP contribution is -2.01. The number of aliphatic hydroxyl groups is 2. The van der Waals surface area contributed by atoms with Gasteiger partial charge < -0.3 is 53.2 Å². The first-order valence-electron chi connectivity index (χ1n) is 36.4. The van der Waals surface area contributed by atoms with Crippen LogP contribution in [0.5, 0.6) is 0 Å². The minimum Gasteiger partial charge on any atom is -0.396 e. The van der Waals surface area contributed by atoms with Crippen LogP contribution in [-0.4, -0.2) is 92.3 Å². The van der Waals surface area contributed by atoms with Crippen molar-refractivity contribution in [1.82, 2.24) is 75.5 Å². The minimum atomic E-state index is -0.877. The van der Waals surface area contributed by atoms with Gasteiger partial charge in [-0.2, -0.15) is 0 Å². The molecular weight excluding hydrogens is 1360 g/mol. The topological polar surface area (TPSA) is 301 Å². The van der Waals surface area contributed by atoms with Crippen molar-refractivity contribution in [3.05, 3.63) is 236 Å². The van der Waals surface area contributed by atoms with Gasteiger partial charge in [-0.1, -0.05) is 63.1 Å². The Balaban J connectivity index is 0.000000116. The van der Waals surface area contributed by atoms with E-state index in [1.165, 1.54) is 33.4 Å². The van der Waals surface area contributed by atoms with Crippen LogP contribution < -0.4 is 0 Å². The summed E-state index contributed by atoms with van der Waals surface area (Å²) in [6.07, 6.45) is 4.99. The van der Waals surface area contributed by atoms with Crippen molar-refractivity contribution in [1.29, 1.82) is 0 Å². The van der Waals surface area contributed by atoms with Gasteiger partial charge >= 0.3 is 0 Å². The van der Waals surface area contributed by atoms with E-state index in [1.807, 2.05) is 113 Å². The van der Waals surface area contributed by atoms with E-state index in [4.69, 9.17) is 38.0 Å². The van der Waals surface area contributed by atoms with Gasteiger partial charge in [-0.25, -0.2) is 19.9 Å². The van der Waals surface area contributed by atoms with E-state index in [9.17, 15) is 10.2 Å². The van der Waals surface area contributed by atoms with Gasteiger partial charge in [-0.3, -0.25) is 9.97 Å². The van der Waals surface area contributed by atoms with Crippen LogP contribution in [0.2, 0.25) is 0 Å². The van der Waals surface area contributed by atoms with Crippen molar-refractivity contribution in [3.8, 4) is 89.0 Å². The quantitative estimate of drug-likeness (QED) is 0.0633. The number of pyridine rings is 2. The van der Waals surface area contributed by atoms with Gasteiger partial charge in [0.25, 0.3) is 0 Å². The number of benzene rings is 7. The van der Waals surface area contributed by atoms with Crippen LogP contribution in [0.4, 0.5) is 0 Å². The number of aromatic nitrogens is 15. The lowest BCUT2D eigenvalue weighted by atomic mass is 9.91. The second-order valence-electron chi connectivity index (χ2n) is 28.5. The van der Waals surface area contributed by atoms with Crippen LogP contribution in [-0.2, 0) is 0 Å². The molecule has 0 amide bonds. The molecule has 109 heavy (non-hydrogen) atoms. The number of nitrogens with zero attached hydrogens (tertiary/aromatic N) is 10. The number of nitrogens with one attached hydrogen (secondary N) is 5. The molecule has 0 saturated carbocycles. The van der Waals surface area contributed by atoms with Crippen molar-refractivity contribution in [2.45, 2.75) is 130 Å². The highest BCUT2D eigenvalue weighted by molar-refractivity contribution is 6.08. The molecular formula is C88H85N15O6. The van der Waals surface area contributed by atoms with Crippen LogP contribution in [0, 0.1) is 118 Å². The number of hydrogen-bond acceptors (Lipinski definition) is 16. The van der Waals surface area contributed by atoms with Gasteiger partial charge in [0, 0.05) is 98.2 Å². The van der Waals surface area contributed by atoms with E-state index in [-0.39, 0.29) is 13.0 Å². The molecule has 0 saturated heterocycles. The number of aryl methyl sites for hydroxylation is 17. The third kappa shape index (κ3) is 13.3. The normalized spacial score (nSPS) is 11.8. The standard InChI is InChI=1S/C25H24N4O3.C23H20N4O.C21H21N3O.C19H20N4O/c1-13-6-7-19-17(5-4-9-26-19)22(13)18-11-16(23-14(2)29-32-15(23)3)12-20-24(18)28-25(27-20)21(31)8-10-30;1-12-7-8-19-17(6-5-9-24-19)21(12)18-10-16(22-13(2)27-28-14(22)3)11-20-23(18)26-15(4)25-20;1-11-7-6-8-12(2)19(11)17-9-16(20-13(3)24-25-14(20)4)10-18-21(17)23-15(5)22-18;1-9-8-20-10(2)17(9)15-6-14(18-11(3)23-24-12(18)4)7-16-19(15)22-13(5)21-16/h4-7,9,11-12,21,30-31H,8,10H2,1-3H3,(H,27,28);5-11H,1-4H3,(H,25,26);6-10H,1-5H3,(H,22,23);6-8,20H,1-5H3,(H,21,22). The molecule has 0 aliphatic heterocycles.